The minimum atomic E-state index is -0.610. The molecule has 4 saturated heterocycles. The van der Waals surface area contributed by atoms with E-state index in [0.29, 0.717) is 52.1 Å². The van der Waals surface area contributed by atoms with Gasteiger partial charge in [0.2, 0.25) is 0 Å². The van der Waals surface area contributed by atoms with Crippen molar-refractivity contribution in [2.75, 3.05) is 52.9 Å². The molecule has 508 valence electrons. The molecule has 0 bridgehead atoms. The molecule has 0 N–H and O–H groups in total. The van der Waals surface area contributed by atoms with Gasteiger partial charge in [-0.05, 0) is 188 Å². The highest BCUT2D eigenvalue weighted by molar-refractivity contribution is 5.88. The normalized spacial score (nSPS) is 18.0. The molecule has 8 aromatic carbocycles. The van der Waals surface area contributed by atoms with E-state index in [9.17, 15) is 0 Å². The molecule has 0 radical (unpaired) electrons. The van der Waals surface area contributed by atoms with Gasteiger partial charge in [-0.15, -0.1) is 26.3 Å². The predicted molar refractivity (Wildman–Crippen MR) is 398 cm³/mol. The van der Waals surface area contributed by atoms with E-state index in [0.717, 1.165) is 149 Å². The highest BCUT2D eigenvalue weighted by atomic mass is 16.6. The van der Waals surface area contributed by atoms with Crippen molar-refractivity contribution < 1.29 is 37.9 Å². The number of fused-ring (bicyclic) bond motifs is 6. The smallest absolute Gasteiger partial charge is 0.126 e. The first-order valence-electron chi connectivity index (χ1n) is 36.7. The monoisotopic (exact) mass is 1310 g/mol. The highest BCUT2D eigenvalue weighted by Crippen LogP contribution is 2.60. The van der Waals surface area contributed by atoms with Crippen LogP contribution in [0.2, 0.25) is 0 Å². The van der Waals surface area contributed by atoms with E-state index in [1.54, 1.807) is 0 Å². The number of rotatable bonds is 36. The van der Waals surface area contributed by atoms with Gasteiger partial charge >= 0.3 is 0 Å². The SMILES string of the molecule is C=CCc1cc(C2(c3cc(CC=C)c(OCC4CO4)c(CC=C)c3)c3ccccc3-c3ccccc32)cc(CC=C)c1OCC1CO1.CCCCc1cc(C2(c3cc(CCCC)c(OCC4CO4)c(CCCC)c3)c3ccccc3-c3ccccc32)cc(CCCC)c1OCC1CO1. The summed E-state index contributed by atoms with van der Waals surface area (Å²) >= 11 is 0. The van der Waals surface area contributed by atoms with Crippen LogP contribution in [0.15, 0.2) is 196 Å². The average Bonchev–Trinajstić information content (AvgIpc) is 1.44. The summed E-state index contributed by atoms with van der Waals surface area (Å²) in [7, 11) is 0. The Balaban J connectivity index is 0.000000177. The molecule has 4 atom stereocenters. The molecule has 8 nitrogen and oxygen atoms in total. The summed E-state index contributed by atoms with van der Waals surface area (Å²) in [5.74, 6) is 4.02. The molecule has 4 heterocycles. The molecule has 4 unspecified atom stereocenters. The van der Waals surface area contributed by atoms with Crippen molar-refractivity contribution in [3.8, 4) is 45.3 Å². The number of unbranched alkanes of at least 4 members (excludes halogenated alkanes) is 4. The summed E-state index contributed by atoms with van der Waals surface area (Å²) in [6.45, 7) is 31.1. The van der Waals surface area contributed by atoms with E-state index in [2.05, 4.69) is 200 Å². The zero-order chi connectivity index (χ0) is 67.6. The second-order valence-electron chi connectivity index (χ2n) is 27.6. The van der Waals surface area contributed by atoms with Crippen LogP contribution in [0.5, 0.6) is 23.0 Å². The van der Waals surface area contributed by atoms with Crippen LogP contribution in [-0.2, 0) is 81.1 Å². The Hall–Kier alpha value is -8.24. The van der Waals surface area contributed by atoms with Crippen molar-refractivity contribution in [2.45, 2.75) is 166 Å². The molecule has 4 aliphatic heterocycles. The summed E-state index contributed by atoms with van der Waals surface area (Å²) in [6.07, 6.45) is 24.4. The number of hydrogen-bond donors (Lipinski definition) is 0. The summed E-state index contributed by atoms with van der Waals surface area (Å²) in [5, 5.41) is 0. The van der Waals surface area contributed by atoms with Crippen LogP contribution < -0.4 is 18.9 Å². The quantitative estimate of drug-likeness (QED) is 0.0284. The molecular formula is C90H100O8. The molecule has 6 aliphatic rings. The Bertz CT molecular complexity index is 3770. The van der Waals surface area contributed by atoms with E-state index in [1.807, 2.05) is 24.3 Å². The van der Waals surface area contributed by atoms with E-state index in [4.69, 9.17) is 37.9 Å². The summed E-state index contributed by atoms with van der Waals surface area (Å²) in [4.78, 5) is 0. The van der Waals surface area contributed by atoms with Crippen LogP contribution >= 0.6 is 0 Å². The molecule has 14 rings (SSSR count). The van der Waals surface area contributed by atoms with Gasteiger partial charge in [0.05, 0.1) is 37.3 Å². The molecule has 8 aromatic rings. The Morgan fingerprint density at radius 1 is 0.327 bits per heavy atom. The highest BCUT2D eigenvalue weighted by Gasteiger charge is 2.49. The molecular weight excluding hydrogens is 1210 g/mol. The van der Waals surface area contributed by atoms with E-state index in [-0.39, 0.29) is 24.4 Å². The lowest BCUT2D eigenvalue weighted by Gasteiger charge is -2.36. The first-order valence-corrected chi connectivity index (χ1v) is 36.7. The number of hydrogen-bond acceptors (Lipinski definition) is 8. The first-order chi connectivity index (χ1) is 48.2. The fraction of sp³-hybridized carbons (Fsp3) is 0.378. The molecule has 0 amide bonds. The van der Waals surface area contributed by atoms with Crippen molar-refractivity contribution in [3.05, 3.63) is 285 Å². The van der Waals surface area contributed by atoms with Gasteiger partial charge in [0, 0.05) is 0 Å². The molecule has 98 heavy (non-hydrogen) atoms. The Morgan fingerprint density at radius 2 is 0.531 bits per heavy atom. The lowest BCUT2D eigenvalue weighted by molar-refractivity contribution is 0.258. The third-order valence-electron chi connectivity index (χ3n) is 20.5. The minimum Gasteiger partial charge on any atom is -0.490 e. The van der Waals surface area contributed by atoms with Crippen molar-refractivity contribution in [2.24, 2.45) is 0 Å². The van der Waals surface area contributed by atoms with Crippen molar-refractivity contribution in [1.82, 2.24) is 0 Å². The molecule has 4 fully saturated rings. The topological polar surface area (TPSA) is 87.0 Å². The number of allylic oxidation sites excluding steroid dienone is 4. The molecule has 0 spiro atoms. The summed E-state index contributed by atoms with van der Waals surface area (Å²) < 4.78 is 48.6. The second kappa shape index (κ2) is 31.3. The third-order valence-corrected chi connectivity index (χ3v) is 20.5. The van der Waals surface area contributed by atoms with Crippen molar-refractivity contribution >= 4 is 0 Å². The Morgan fingerprint density at radius 3 is 0.735 bits per heavy atom. The van der Waals surface area contributed by atoms with Gasteiger partial charge in [-0.2, -0.15) is 0 Å². The summed E-state index contributed by atoms with van der Waals surface area (Å²) in [6, 6.07) is 55.5. The zero-order valence-electron chi connectivity index (χ0n) is 58.5. The van der Waals surface area contributed by atoms with Crippen molar-refractivity contribution in [3.63, 3.8) is 0 Å². The van der Waals surface area contributed by atoms with Crippen LogP contribution in [-0.4, -0.2) is 77.3 Å². The standard InChI is InChI=1S/C47H58O4.C43H42O4/c1-5-9-17-33-25-37(26-34(18-10-6-2)45(33)50-31-39-29-48-39)47(43-23-15-13-21-41(43)42-22-14-16-24-44(42)47)38-27-35(19-11-7-3)46(51-32-40-30-49-40)36(28-38)20-12-8-4;1-5-13-29-21-33(22-30(14-6-2)41(29)46-27-35-25-44-35)43(39-19-11-9-17-37(39)38-18-10-12-20-40(38)43)34-23-31(15-7-3)42(32(24-34)16-8-4)47-28-36-26-45-36/h13-16,21-28,39-40H,5-12,17-20,29-32H2,1-4H3;5-12,17-24,35-36H,1-4,13-16,25-28H2. The fourth-order valence-electron chi connectivity index (χ4n) is 15.5. The molecule has 8 heteroatoms. The number of epoxide rings is 4. The Kier molecular flexibility index (Phi) is 21.8. The summed E-state index contributed by atoms with van der Waals surface area (Å²) in [5.41, 5.74) is 24.2. The minimum absolute atomic E-state index is 0.154. The van der Waals surface area contributed by atoms with Gasteiger partial charge in [0.1, 0.15) is 73.8 Å². The van der Waals surface area contributed by atoms with Gasteiger partial charge in [0.25, 0.3) is 0 Å². The van der Waals surface area contributed by atoms with Crippen LogP contribution in [0.4, 0.5) is 0 Å². The zero-order valence-corrected chi connectivity index (χ0v) is 58.5. The van der Waals surface area contributed by atoms with Crippen LogP contribution in [0.3, 0.4) is 0 Å². The maximum atomic E-state index is 6.72. The van der Waals surface area contributed by atoms with E-state index < -0.39 is 10.8 Å². The molecule has 0 aromatic heterocycles. The van der Waals surface area contributed by atoms with Gasteiger partial charge in [-0.1, -0.05) is 223 Å². The first kappa shape index (κ1) is 68.3. The number of ether oxygens (including phenoxy) is 8. The third kappa shape index (κ3) is 14.2. The lowest BCUT2D eigenvalue weighted by Crippen LogP contribution is -2.30. The lowest BCUT2D eigenvalue weighted by atomic mass is 9.66. The average molecular weight is 1310 g/mol. The van der Waals surface area contributed by atoms with Gasteiger partial charge in [-0.3, -0.25) is 0 Å². The maximum Gasteiger partial charge on any atom is 0.126 e. The molecule has 2 aliphatic carbocycles. The van der Waals surface area contributed by atoms with Gasteiger partial charge in [0.15, 0.2) is 0 Å². The number of benzene rings is 8. The maximum absolute atomic E-state index is 6.72. The van der Waals surface area contributed by atoms with E-state index in [1.165, 1.54) is 89.0 Å². The Labute approximate surface area is 583 Å². The number of aryl methyl sites for hydroxylation is 4. The van der Waals surface area contributed by atoms with E-state index >= 15 is 0 Å². The largest absolute Gasteiger partial charge is 0.490 e. The fourth-order valence-corrected chi connectivity index (χ4v) is 15.5. The second-order valence-corrected chi connectivity index (χ2v) is 27.6. The van der Waals surface area contributed by atoms with Crippen LogP contribution in [0.25, 0.3) is 22.3 Å². The predicted octanol–water partition coefficient (Wildman–Crippen LogP) is 19.5. The van der Waals surface area contributed by atoms with Gasteiger partial charge < -0.3 is 37.9 Å². The van der Waals surface area contributed by atoms with Crippen LogP contribution in [0, 0.1) is 0 Å². The van der Waals surface area contributed by atoms with Crippen molar-refractivity contribution in [1.29, 1.82) is 0 Å². The molecule has 0 saturated carbocycles. The van der Waals surface area contributed by atoms with Gasteiger partial charge in [-0.25, -0.2) is 0 Å². The van der Waals surface area contributed by atoms with Crippen LogP contribution in [0.1, 0.15) is 168 Å².